The van der Waals surface area contributed by atoms with Gasteiger partial charge in [0.25, 0.3) is 0 Å². The lowest BCUT2D eigenvalue weighted by Gasteiger charge is -2.39. The number of alkyl halides is 3. The standard InChI is InChI=1S/C12H18N2.C9H10F3N/c1-9(2)11-5-4-6-13-12(11)14-7-10(3)8-14;1-6(2)7-4-3-5-13-8(7)9(10,11)12/h4-6,9-10H,7-8H2,1-3H3;3-6H,1-2H3. The third-order valence-corrected chi connectivity index (χ3v) is 4.53. The van der Waals surface area contributed by atoms with E-state index in [-0.39, 0.29) is 11.5 Å². The van der Waals surface area contributed by atoms with Gasteiger partial charge in [-0.05, 0) is 41.0 Å². The van der Waals surface area contributed by atoms with Gasteiger partial charge in [0.05, 0.1) is 0 Å². The highest BCUT2D eigenvalue weighted by molar-refractivity contribution is 5.50. The van der Waals surface area contributed by atoms with Gasteiger partial charge in [0.2, 0.25) is 0 Å². The molecule has 3 nitrogen and oxygen atoms in total. The first-order valence-corrected chi connectivity index (χ1v) is 9.33. The van der Waals surface area contributed by atoms with Crippen molar-refractivity contribution in [2.24, 2.45) is 5.92 Å². The van der Waals surface area contributed by atoms with Crippen LogP contribution in [0.2, 0.25) is 0 Å². The van der Waals surface area contributed by atoms with Gasteiger partial charge in [-0.2, -0.15) is 13.2 Å². The van der Waals surface area contributed by atoms with Crippen molar-refractivity contribution in [3.8, 4) is 0 Å². The van der Waals surface area contributed by atoms with E-state index in [1.165, 1.54) is 23.5 Å². The van der Waals surface area contributed by atoms with Crippen molar-refractivity contribution in [1.82, 2.24) is 9.97 Å². The minimum Gasteiger partial charge on any atom is -0.356 e. The minimum atomic E-state index is -4.35. The summed E-state index contributed by atoms with van der Waals surface area (Å²) in [6, 6.07) is 7.20. The molecule has 0 bridgehead atoms. The van der Waals surface area contributed by atoms with E-state index in [4.69, 9.17) is 0 Å². The van der Waals surface area contributed by atoms with Crippen molar-refractivity contribution >= 4 is 5.82 Å². The van der Waals surface area contributed by atoms with Crippen molar-refractivity contribution in [3.05, 3.63) is 53.5 Å². The van der Waals surface area contributed by atoms with E-state index in [1.54, 1.807) is 13.8 Å². The summed E-state index contributed by atoms with van der Waals surface area (Å²) in [7, 11) is 0. The van der Waals surface area contributed by atoms with Crippen molar-refractivity contribution in [2.45, 2.75) is 52.6 Å². The van der Waals surface area contributed by atoms with Gasteiger partial charge >= 0.3 is 6.18 Å². The third kappa shape index (κ3) is 5.44. The van der Waals surface area contributed by atoms with E-state index in [0.29, 0.717) is 5.92 Å². The van der Waals surface area contributed by atoms with Gasteiger partial charge in [-0.1, -0.05) is 46.8 Å². The maximum Gasteiger partial charge on any atom is 0.433 e. The molecule has 1 aliphatic rings. The van der Waals surface area contributed by atoms with E-state index in [0.717, 1.165) is 25.2 Å². The van der Waals surface area contributed by atoms with E-state index in [9.17, 15) is 13.2 Å². The topological polar surface area (TPSA) is 29.0 Å². The molecule has 6 heteroatoms. The predicted molar refractivity (Wildman–Crippen MR) is 103 cm³/mol. The fourth-order valence-electron chi connectivity index (χ4n) is 3.12. The van der Waals surface area contributed by atoms with Crippen molar-refractivity contribution < 1.29 is 13.2 Å². The lowest BCUT2D eigenvalue weighted by atomic mass is 9.98. The molecule has 0 aromatic carbocycles. The number of hydrogen-bond donors (Lipinski definition) is 0. The van der Waals surface area contributed by atoms with Crippen LogP contribution in [0.3, 0.4) is 0 Å². The molecule has 3 heterocycles. The largest absolute Gasteiger partial charge is 0.433 e. The van der Waals surface area contributed by atoms with Crippen LogP contribution in [0.25, 0.3) is 0 Å². The van der Waals surface area contributed by atoms with Crippen LogP contribution in [-0.2, 0) is 6.18 Å². The Hall–Kier alpha value is -2.11. The zero-order chi connectivity index (χ0) is 20.2. The normalized spacial score (nSPS) is 14.8. The molecule has 0 N–H and O–H groups in total. The summed E-state index contributed by atoms with van der Waals surface area (Å²) < 4.78 is 37.0. The Kier molecular flexibility index (Phi) is 6.84. The van der Waals surface area contributed by atoms with Gasteiger partial charge in [0.15, 0.2) is 0 Å². The molecule has 27 heavy (non-hydrogen) atoms. The minimum absolute atomic E-state index is 0.162. The average molecular weight is 379 g/mol. The van der Waals surface area contributed by atoms with Crippen molar-refractivity contribution in [1.29, 1.82) is 0 Å². The SMILES string of the molecule is CC(C)c1cccnc1C(F)(F)F.CC1CN(c2ncccc2C(C)C)C1. The van der Waals surface area contributed by atoms with Crippen LogP contribution < -0.4 is 4.90 Å². The van der Waals surface area contributed by atoms with E-state index >= 15 is 0 Å². The third-order valence-electron chi connectivity index (χ3n) is 4.53. The molecule has 1 saturated heterocycles. The Labute approximate surface area is 159 Å². The number of anilines is 1. The van der Waals surface area contributed by atoms with Gasteiger partial charge in [-0.3, -0.25) is 4.98 Å². The van der Waals surface area contributed by atoms with Gasteiger partial charge in [-0.15, -0.1) is 0 Å². The van der Waals surface area contributed by atoms with E-state index in [1.807, 2.05) is 12.3 Å². The Morgan fingerprint density at radius 2 is 1.44 bits per heavy atom. The van der Waals surface area contributed by atoms with Gasteiger partial charge in [0.1, 0.15) is 11.5 Å². The second-order valence-corrected chi connectivity index (χ2v) is 7.67. The highest BCUT2D eigenvalue weighted by atomic mass is 19.4. The molecular formula is C21H28F3N3. The van der Waals surface area contributed by atoms with Crippen LogP contribution in [0.15, 0.2) is 36.7 Å². The molecular weight excluding hydrogens is 351 g/mol. The van der Waals surface area contributed by atoms with Crippen LogP contribution in [0, 0.1) is 5.92 Å². The first-order valence-electron chi connectivity index (χ1n) is 9.33. The van der Waals surface area contributed by atoms with Crippen LogP contribution >= 0.6 is 0 Å². The first kappa shape index (κ1) is 21.2. The smallest absolute Gasteiger partial charge is 0.356 e. The number of aromatic nitrogens is 2. The van der Waals surface area contributed by atoms with Crippen molar-refractivity contribution in [3.63, 3.8) is 0 Å². The molecule has 148 valence electrons. The second kappa shape index (κ2) is 8.72. The number of hydrogen-bond acceptors (Lipinski definition) is 3. The second-order valence-electron chi connectivity index (χ2n) is 7.67. The summed E-state index contributed by atoms with van der Waals surface area (Å²) in [5.41, 5.74) is 0.847. The van der Waals surface area contributed by atoms with Gasteiger partial charge in [0, 0.05) is 25.5 Å². The molecule has 2 aromatic rings. The maximum atomic E-state index is 12.3. The summed E-state index contributed by atoms with van der Waals surface area (Å²) in [5.74, 6) is 2.43. The van der Waals surface area contributed by atoms with E-state index < -0.39 is 11.9 Å². The number of nitrogens with zero attached hydrogens (tertiary/aromatic N) is 3. The predicted octanol–water partition coefficient (Wildman–Crippen LogP) is 5.88. The summed E-state index contributed by atoms with van der Waals surface area (Å²) >= 11 is 0. The zero-order valence-electron chi connectivity index (χ0n) is 16.6. The van der Waals surface area contributed by atoms with Crippen LogP contribution in [-0.4, -0.2) is 23.1 Å². The average Bonchev–Trinajstić information content (AvgIpc) is 2.59. The highest BCUT2D eigenvalue weighted by Crippen LogP contribution is 2.33. The quantitative estimate of drug-likeness (QED) is 0.666. The molecule has 0 aliphatic carbocycles. The molecule has 3 rings (SSSR count). The Morgan fingerprint density at radius 1 is 0.926 bits per heavy atom. The molecule has 1 aliphatic heterocycles. The van der Waals surface area contributed by atoms with Crippen LogP contribution in [0.5, 0.6) is 0 Å². The Morgan fingerprint density at radius 3 is 1.89 bits per heavy atom. The number of rotatable bonds is 3. The fourth-order valence-corrected chi connectivity index (χ4v) is 3.12. The number of halogens is 3. The molecule has 0 radical (unpaired) electrons. The van der Waals surface area contributed by atoms with Crippen LogP contribution in [0.4, 0.5) is 19.0 Å². The zero-order valence-corrected chi connectivity index (χ0v) is 16.6. The molecule has 0 saturated carbocycles. The molecule has 2 aromatic heterocycles. The molecule has 0 unspecified atom stereocenters. The number of pyridine rings is 2. The molecule has 0 amide bonds. The molecule has 0 atom stereocenters. The Bertz CT molecular complexity index is 735. The van der Waals surface area contributed by atoms with Crippen LogP contribution in [0.1, 0.15) is 63.3 Å². The molecule has 0 spiro atoms. The highest BCUT2D eigenvalue weighted by Gasteiger charge is 2.35. The Balaban J connectivity index is 0.000000194. The van der Waals surface area contributed by atoms with Gasteiger partial charge < -0.3 is 4.90 Å². The first-order chi connectivity index (χ1) is 12.6. The monoisotopic (exact) mass is 379 g/mol. The fraction of sp³-hybridized carbons (Fsp3) is 0.524. The van der Waals surface area contributed by atoms with E-state index in [2.05, 4.69) is 41.7 Å². The molecule has 1 fully saturated rings. The maximum absolute atomic E-state index is 12.3. The van der Waals surface area contributed by atoms with Gasteiger partial charge in [-0.25, -0.2) is 4.98 Å². The summed E-state index contributed by atoms with van der Waals surface area (Å²) in [6.07, 6.45) is -1.29. The van der Waals surface area contributed by atoms with Crippen molar-refractivity contribution in [2.75, 3.05) is 18.0 Å². The summed E-state index contributed by atoms with van der Waals surface area (Å²) in [6.45, 7) is 12.5. The lowest BCUT2D eigenvalue weighted by Crippen LogP contribution is -2.46. The summed E-state index contributed by atoms with van der Waals surface area (Å²) in [5, 5.41) is 0. The summed E-state index contributed by atoms with van der Waals surface area (Å²) in [4.78, 5) is 10.2. The lowest BCUT2D eigenvalue weighted by molar-refractivity contribution is -0.142.